The van der Waals surface area contributed by atoms with E-state index in [0.29, 0.717) is 22.4 Å². The van der Waals surface area contributed by atoms with Gasteiger partial charge in [-0.15, -0.1) is 0 Å². The molecular formula is C21H16N2O3S. The maximum Gasteiger partial charge on any atom is 0.267 e. The van der Waals surface area contributed by atoms with Gasteiger partial charge in [0.05, 0.1) is 23.4 Å². The lowest BCUT2D eigenvalue weighted by molar-refractivity contribution is -0.122. The summed E-state index contributed by atoms with van der Waals surface area (Å²) in [5.74, 6) is 0.753. The molecule has 0 spiro atoms. The molecule has 5 nitrogen and oxygen atoms in total. The molecule has 0 aliphatic carbocycles. The van der Waals surface area contributed by atoms with Gasteiger partial charge in [0.25, 0.3) is 5.91 Å². The number of amidine groups is 1. The van der Waals surface area contributed by atoms with Crippen LogP contribution in [0.4, 0.5) is 5.69 Å². The van der Waals surface area contributed by atoms with Crippen molar-refractivity contribution in [2.24, 2.45) is 4.99 Å². The summed E-state index contributed by atoms with van der Waals surface area (Å²) < 4.78 is 5.40. The number of amides is 1. The first-order valence-corrected chi connectivity index (χ1v) is 9.17. The van der Waals surface area contributed by atoms with E-state index in [2.05, 4.69) is 4.99 Å². The molecule has 27 heavy (non-hydrogen) atoms. The summed E-state index contributed by atoms with van der Waals surface area (Å²) in [6, 6.07) is 19.9. The number of thioether (sulfide) groups is 1. The first kappa shape index (κ1) is 17.2. The second kappa shape index (κ2) is 7.55. The van der Waals surface area contributed by atoms with Crippen LogP contribution in [0.5, 0.6) is 5.75 Å². The zero-order chi connectivity index (χ0) is 18.6. The second-order valence-corrected chi connectivity index (χ2v) is 6.91. The minimum Gasteiger partial charge on any atom is -0.508 e. The second-order valence-electron chi connectivity index (χ2n) is 5.90. The maximum absolute atomic E-state index is 13.0. The van der Waals surface area contributed by atoms with E-state index in [1.54, 1.807) is 47.6 Å². The Labute approximate surface area is 160 Å². The molecule has 2 heterocycles. The molecule has 1 aliphatic heterocycles. The lowest BCUT2D eigenvalue weighted by atomic mass is 10.2. The van der Waals surface area contributed by atoms with E-state index in [4.69, 9.17) is 4.42 Å². The van der Waals surface area contributed by atoms with Crippen molar-refractivity contribution in [1.29, 1.82) is 0 Å². The fourth-order valence-electron chi connectivity index (χ4n) is 2.62. The fraction of sp³-hybridized carbons (Fsp3) is 0.0476. The van der Waals surface area contributed by atoms with E-state index >= 15 is 0 Å². The van der Waals surface area contributed by atoms with Gasteiger partial charge in [0, 0.05) is 0 Å². The molecule has 1 saturated heterocycles. The van der Waals surface area contributed by atoms with E-state index in [9.17, 15) is 9.90 Å². The Balaban J connectivity index is 1.68. The smallest absolute Gasteiger partial charge is 0.267 e. The third kappa shape index (κ3) is 3.96. The van der Waals surface area contributed by atoms with E-state index in [-0.39, 0.29) is 11.7 Å². The molecule has 2 aromatic carbocycles. The first-order chi connectivity index (χ1) is 13.2. The lowest BCUT2D eigenvalue weighted by Crippen LogP contribution is -2.28. The summed E-state index contributed by atoms with van der Waals surface area (Å²) >= 11 is 1.33. The van der Waals surface area contributed by atoms with Crippen LogP contribution in [0.1, 0.15) is 11.3 Å². The van der Waals surface area contributed by atoms with Crippen molar-refractivity contribution < 1.29 is 14.3 Å². The molecule has 0 saturated carbocycles. The average Bonchev–Trinajstić information content (AvgIpc) is 3.29. The van der Waals surface area contributed by atoms with Crippen molar-refractivity contribution in [3.8, 4) is 5.75 Å². The zero-order valence-corrected chi connectivity index (χ0v) is 15.1. The van der Waals surface area contributed by atoms with Crippen LogP contribution in [0.15, 0.2) is 87.3 Å². The lowest BCUT2D eigenvalue weighted by Gasteiger charge is -2.13. The van der Waals surface area contributed by atoms with Crippen molar-refractivity contribution in [1.82, 2.24) is 4.90 Å². The number of phenols is 1. The van der Waals surface area contributed by atoms with Crippen molar-refractivity contribution in [3.63, 3.8) is 0 Å². The van der Waals surface area contributed by atoms with Crippen LogP contribution in [0, 0.1) is 0 Å². The quantitative estimate of drug-likeness (QED) is 0.665. The predicted molar refractivity (Wildman–Crippen MR) is 106 cm³/mol. The largest absolute Gasteiger partial charge is 0.508 e. The zero-order valence-electron chi connectivity index (χ0n) is 14.3. The van der Waals surface area contributed by atoms with Gasteiger partial charge in [-0.3, -0.25) is 9.69 Å². The highest BCUT2D eigenvalue weighted by atomic mass is 32.2. The van der Waals surface area contributed by atoms with Gasteiger partial charge in [0.2, 0.25) is 0 Å². The minimum atomic E-state index is -0.126. The highest BCUT2D eigenvalue weighted by Crippen LogP contribution is 2.35. The number of aromatic hydroxyl groups is 1. The number of para-hydroxylation sites is 1. The molecule has 3 aromatic rings. The molecule has 1 N–H and O–H groups in total. The van der Waals surface area contributed by atoms with Gasteiger partial charge in [-0.05, 0) is 59.8 Å². The number of rotatable bonds is 4. The predicted octanol–water partition coefficient (Wildman–Crippen LogP) is 4.79. The Hall–Kier alpha value is -3.25. The van der Waals surface area contributed by atoms with Crippen LogP contribution < -0.4 is 0 Å². The van der Waals surface area contributed by atoms with Crippen LogP contribution in [0.2, 0.25) is 0 Å². The number of carbonyl (C=O) groups is 1. The topological polar surface area (TPSA) is 66.0 Å². The fourth-order valence-corrected chi connectivity index (χ4v) is 3.62. The van der Waals surface area contributed by atoms with Crippen LogP contribution >= 0.6 is 11.8 Å². The Kier molecular flexibility index (Phi) is 4.80. The molecule has 1 aromatic heterocycles. The molecule has 6 heteroatoms. The van der Waals surface area contributed by atoms with Crippen LogP contribution in [0.25, 0.3) is 6.08 Å². The molecule has 0 radical (unpaired) electrons. The Morgan fingerprint density at radius 2 is 1.81 bits per heavy atom. The SMILES string of the molecule is O=C1C(=Cc2ccc(O)cc2)SC(=Nc2ccccc2)N1Cc1ccco1. The van der Waals surface area contributed by atoms with Crippen LogP contribution in [-0.4, -0.2) is 21.1 Å². The molecular weight excluding hydrogens is 360 g/mol. The molecule has 0 unspecified atom stereocenters. The highest BCUT2D eigenvalue weighted by Gasteiger charge is 2.34. The number of aliphatic imine (C=N–C) groups is 1. The molecule has 0 atom stereocenters. The molecule has 1 fully saturated rings. The van der Waals surface area contributed by atoms with Gasteiger partial charge >= 0.3 is 0 Å². The number of benzene rings is 2. The summed E-state index contributed by atoms with van der Waals surface area (Å²) in [5, 5.41) is 10.0. The monoisotopic (exact) mass is 376 g/mol. The molecule has 1 amide bonds. The van der Waals surface area contributed by atoms with Gasteiger partial charge in [-0.1, -0.05) is 30.3 Å². The number of carbonyl (C=O) groups excluding carboxylic acids is 1. The molecule has 4 rings (SSSR count). The number of phenolic OH excluding ortho intramolecular Hbond substituents is 1. The maximum atomic E-state index is 13.0. The Bertz CT molecular complexity index is 994. The Morgan fingerprint density at radius 1 is 1.04 bits per heavy atom. The van der Waals surface area contributed by atoms with Gasteiger partial charge < -0.3 is 9.52 Å². The number of hydrogen-bond donors (Lipinski definition) is 1. The Morgan fingerprint density at radius 3 is 2.52 bits per heavy atom. The standard InChI is InChI=1S/C21H16N2O3S/c24-17-10-8-15(9-11-17)13-19-20(25)23(14-18-7-4-12-26-18)21(27-19)22-16-5-2-1-3-6-16/h1-13,24H,14H2. The summed E-state index contributed by atoms with van der Waals surface area (Å²) in [7, 11) is 0. The van der Waals surface area contributed by atoms with E-state index in [1.165, 1.54) is 11.8 Å². The van der Waals surface area contributed by atoms with E-state index in [1.807, 2.05) is 36.4 Å². The van der Waals surface area contributed by atoms with Gasteiger partial charge in [-0.2, -0.15) is 0 Å². The number of hydrogen-bond acceptors (Lipinski definition) is 5. The van der Waals surface area contributed by atoms with Crippen molar-refractivity contribution in [2.45, 2.75) is 6.54 Å². The third-order valence-electron chi connectivity index (χ3n) is 3.95. The normalized spacial score (nSPS) is 17.2. The first-order valence-electron chi connectivity index (χ1n) is 8.35. The highest BCUT2D eigenvalue weighted by molar-refractivity contribution is 8.18. The summed E-state index contributed by atoms with van der Waals surface area (Å²) in [6.07, 6.45) is 3.39. The summed E-state index contributed by atoms with van der Waals surface area (Å²) in [6.45, 7) is 0.317. The minimum absolute atomic E-state index is 0.126. The molecule has 134 valence electrons. The molecule has 1 aliphatic rings. The van der Waals surface area contributed by atoms with Gasteiger partial charge in [0.1, 0.15) is 11.5 Å². The van der Waals surface area contributed by atoms with Crippen molar-refractivity contribution >= 4 is 34.6 Å². The van der Waals surface area contributed by atoms with Gasteiger partial charge in [-0.25, -0.2) is 4.99 Å². The number of furan rings is 1. The van der Waals surface area contributed by atoms with E-state index in [0.717, 1.165) is 11.3 Å². The van der Waals surface area contributed by atoms with Crippen LogP contribution in [-0.2, 0) is 11.3 Å². The van der Waals surface area contributed by atoms with Crippen molar-refractivity contribution in [2.75, 3.05) is 0 Å². The third-order valence-corrected chi connectivity index (χ3v) is 4.96. The summed E-state index contributed by atoms with van der Waals surface area (Å²) in [4.78, 5) is 19.8. The van der Waals surface area contributed by atoms with Crippen LogP contribution in [0.3, 0.4) is 0 Å². The average molecular weight is 376 g/mol. The summed E-state index contributed by atoms with van der Waals surface area (Å²) in [5.41, 5.74) is 1.62. The van der Waals surface area contributed by atoms with E-state index < -0.39 is 0 Å². The van der Waals surface area contributed by atoms with Gasteiger partial charge in [0.15, 0.2) is 5.17 Å². The number of nitrogens with zero attached hydrogens (tertiary/aromatic N) is 2. The molecule has 0 bridgehead atoms. The van der Waals surface area contributed by atoms with Crippen molar-refractivity contribution in [3.05, 3.63) is 89.2 Å².